The lowest BCUT2D eigenvalue weighted by molar-refractivity contribution is -0.0181. The van der Waals surface area contributed by atoms with Crippen LogP contribution in [0.25, 0.3) is 10.8 Å². The maximum Gasteiger partial charge on any atom is 0.127 e. The van der Waals surface area contributed by atoms with Crippen LogP contribution >= 0.6 is 0 Å². The molecule has 2 aromatic carbocycles. The molecule has 0 atom stereocenters. The Hall–Kier alpha value is -1.70. The Kier molecular flexibility index (Phi) is 3.53. The molecule has 0 aliphatic heterocycles. The van der Waals surface area contributed by atoms with Crippen molar-refractivity contribution in [3.05, 3.63) is 35.4 Å². The lowest BCUT2D eigenvalue weighted by Crippen LogP contribution is -2.52. The van der Waals surface area contributed by atoms with Gasteiger partial charge in [0.2, 0.25) is 0 Å². The zero-order chi connectivity index (χ0) is 21.2. The fraction of sp³-hybridized carbons (Fsp3) is 0.667. The molecule has 0 spiro atoms. The second-order valence-corrected chi connectivity index (χ2v) is 13.4. The first kappa shape index (κ1) is 18.7. The molecule has 8 bridgehead atoms. The van der Waals surface area contributed by atoms with E-state index >= 15 is 0 Å². The van der Waals surface area contributed by atoms with Crippen LogP contribution in [0.5, 0.6) is 11.5 Å². The molecule has 8 aliphatic rings. The highest BCUT2D eigenvalue weighted by Gasteiger charge is 2.57. The van der Waals surface area contributed by atoms with Crippen LogP contribution in [0.2, 0.25) is 0 Å². The van der Waals surface area contributed by atoms with Gasteiger partial charge in [-0.1, -0.05) is 0 Å². The van der Waals surface area contributed by atoms with E-state index in [1.54, 1.807) is 6.07 Å². The lowest BCUT2D eigenvalue weighted by Gasteiger charge is -2.61. The summed E-state index contributed by atoms with van der Waals surface area (Å²) in [5.74, 6) is 6.21. The first-order chi connectivity index (χ1) is 15.5. The molecule has 168 valence electrons. The van der Waals surface area contributed by atoms with E-state index in [2.05, 4.69) is 6.07 Å². The van der Waals surface area contributed by atoms with Gasteiger partial charge in [0.1, 0.15) is 11.5 Å². The summed E-state index contributed by atoms with van der Waals surface area (Å²) in [5.41, 5.74) is 3.37. The SMILES string of the molecule is Oc1ccc2c(O)c(C34CC5CC(CC(C5)C3)C4)c(C34CC5CC(CC(C5)C3)C4)cc2c1. The second kappa shape index (κ2) is 6.05. The summed E-state index contributed by atoms with van der Waals surface area (Å²) >= 11 is 0. The normalized spacial score (nSPS) is 45.8. The number of rotatable bonds is 2. The molecule has 0 saturated heterocycles. The van der Waals surface area contributed by atoms with Crippen molar-refractivity contribution in [1.29, 1.82) is 0 Å². The summed E-state index contributed by atoms with van der Waals surface area (Å²) < 4.78 is 0. The van der Waals surface area contributed by atoms with Crippen molar-refractivity contribution in [2.75, 3.05) is 0 Å². The molecule has 8 saturated carbocycles. The molecule has 8 aliphatic carbocycles. The number of aromatic hydroxyl groups is 2. The quantitative estimate of drug-likeness (QED) is 0.531. The van der Waals surface area contributed by atoms with E-state index in [9.17, 15) is 10.2 Å². The topological polar surface area (TPSA) is 40.5 Å². The molecule has 0 heterocycles. The van der Waals surface area contributed by atoms with E-state index in [-0.39, 0.29) is 10.8 Å². The maximum atomic E-state index is 12.0. The Bertz CT molecular complexity index is 1060. The number of phenolic OH excluding ortho intramolecular Hbond substituents is 2. The van der Waals surface area contributed by atoms with Crippen LogP contribution in [0.15, 0.2) is 24.3 Å². The van der Waals surface area contributed by atoms with Gasteiger partial charge in [-0.2, -0.15) is 0 Å². The Morgan fingerprint density at radius 1 is 0.594 bits per heavy atom. The highest BCUT2D eigenvalue weighted by atomic mass is 16.3. The highest BCUT2D eigenvalue weighted by molar-refractivity contribution is 5.92. The molecule has 2 N–H and O–H groups in total. The first-order valence-electron chi connectivity index (χ1n) is 13.5. The zero-order valence-electron chi connectivity index (χ0n) is 19.2. The third-order valence-electron chi connectivity index (χ3n) is 11.3. The van der Waals surface area contributed by atoms with E-state index in [1.165, 1.54) is 88.2 Å². The maximum absolute atomic E-state index is 12.0. The van der Waals surface area contributed by atoms with E-state index in [0.29, 0.717) is 11.5 Å². The van der Waals surface area contributed by atoms with Crippen molar-refractivity contribution in [2.45, 2.75) is 87.9 Å². The Morgan fingerprint density at radius 2 is 1.06 bits per heavy atom. The average Bonchev–Trinajstić information content (AvgIpc) is 2.71. The molecule has 0 aromatic heterocycles. The average molecular weight is 429 g/mol. The van der Waals surface area contributed by atoms with Gasteiger partial charge in [-0.3, -0.25) is 0 Å². The van der Waals surface area contributed by atoms with Gasteiger partial charge in [0.15, 0.2) is 0 Å². The van der Waals surface area contributed by atoms with Gasteiger partial charge >= 0.3 is 0 Å². The van der Waals surface area contributed by atoms with Gasteiger partial charge in [0, 0.05) is 16.4 Å². The van der Waals surface area contributed by atoms with Crippen LogP contribution in [0.1, 0.15) is 88.2 Å². The largest absolute Gasteiger partial charge is 0.508 e. The fourth-order valence-electron chi connectivity index (χ4n) is 11.2. The van der Waals surface area contributed by atoms with Gasteiger partial charge in [0.25, 0.3) is 0 Å². The van der Waals surface area contributed by atoms with Gasteiger partial charge < -0.3 is 10.2 Å². The smallest absolute Gasteiger partial charge is 0.127 e. The molecule has 2 aromatic rings. The number of phenols is 2. The standard InChI is InChI=1S/C30H36O2/c31-24-1-2-25-23(9-24)10-26(29-11-17-3-18(12-29)5-19(4-17)13-29)27(28(25)32)30-14-20-6-21(15-30)8-22(7-20)16-30/h1-2,9-10,17-22,31-32H,3-8,11-16H2. The summed E-state index contributed by atoms with van der Waals surface area (Å²) in [6, 6.07) is 8.07. The Balaban J connectivity index is 1.39. The predicted octanol–water partition coefficient (Wildman–Crippen LogP) is 7.19. The summed E-state index contributed by atoms with van der Waals surface area (Å²) in [7, 11) is 0. The Morgan fingerprint density at radius 3 is 1.56 bits per heavy atom. The minimum atomic E-state index is 0.198. The minimum absolute atomic E-state index is 0.198. The molecule has 32 heavy (non-hydrogen) atoms. The molecular weight excluding hydrogens is 392 g/mol. The summed E-state index contributed by atoms with van der Waals surface area (Å²) in [4.78, 5) is 0. The van der Waals surface area contributed by atoms with Crippen LogP contribution in [0, 0.1) is 35.5 Å². The van der Waals surface area contributed by atoms with Crippen LogP contribution in [0.4, 0.5) is 0 Å². The van der Waals surface area contributed by atoms with Crippen molar-refractivity contribution < 1.29 is 10.2 Å². The molecule has 2 nitrogen and oxygen atoms in total. The lowest BCUT2D eigenvalue weighted by atomic mass is 9.44. The van der Waals surface area contributed by atoms with Gasteiger partial charge in [0.05, 0.1) is 0 Å². The molecule has 0 unspecified atom stereocenters. The van der Waals surface area contributed by atoms with E-state index in [1.807, 2.05) is 12.1 Å². The highest BCUT2D eigenvalue weighted by Crippen LogP contribution is 2.67. The molecule has 8 fully saturated rings. The van der Waals surface area contributed by atoms with Crippen LogP contribution < -0.4 is 0 Å². The van der Waals surface area contributed by atoms with Crippen molar-refractivity contribution in [3.8, 4) is 11.5 Å². The fourth-order valence-corrected chi connectivity index (χ4v) is 11.2. The zero-order valence-corrected chi connectivity index (χ0v) is 19.2. The molecular formula is C30H36O2. The van der Waals surface area contributed by atoms with Crippen molar-refractivity contribution >= 4 is 10.8 Å². The minimum Gasteiger partial charge on any atom is -0.508 e. The molecule has 10 rings (SSSR count). The van der Waals surface area contributed by atoms with Crippen LogP contribution in [-0.2, 0) is 10.8 Å². The molecule has 2 heteroatoms. The molecule has 0 amide bonds. The van der Waals surface area contributed by atoms with E-state index < -0.39 is 0 Å². The van der Waals surface area contributed by atoms with Gasteiger partial charge in [-0.05, 0) is 153 Å². The first-order valence-corrected chi connectivity index (χ1v) is 13.5. The summed E-state index contributed by atoms with van der Waals surface area (Å²) in [5, 5.41) is 24.3. The number of fused-ring (bicyclic) bond motifs is 1. The van der Waals surface area contributed by atoms with Crippen molar-refractivity contribution in [2.24, 2.45) is 35.5 Å². The summed E-state index contributed by atoms with van der Waals surface area (Å²) in [6.45, 7) is 0. The van der Waals surface area contributed by atoms with E-state index in [4.69, 9.17) is 0 Å². The van der Waals surface area contributed by atoms with Gasteiger partial charge in [-0.25, -0.2) is 0 Å². The Labute approximate surface area is 191 Å². The third kappa shape index (κ3) is 2.42. The second-order valence-electron chi connectivity index (χ2n) is 13.4. The number of hydrogen-bond acceptors (Lipinski definition) is 2. The number of benzene rings is 2. The monoisotopic (exact) mass is 428 g/mol. The van der Waals surface area contributed by atoms with Crippen LogP contribution in [0.3, 0.4) is 0 Å². The third-order valence-corrected chi connectivity index (χ3v) is 11.3. The van der Waals surface area contributed by atoms with E-state index in [0.717, 1.165) is 46.3 Å². The van der Waals surface area contributed by atoms with Crippen molar-refractivity contribution in [1.82, 2.24) is 0 Å². The predicted molar refractivity (Wildman–Crippen MR) is 127 cm³/mol. The number of hydrogen-bond donors (Lipinski definition) is 2. The van der Waals surface area contributed by atoms with Crippen molar-refractivity contribution in [3.63, 3.8) is 0 Å². The van der Waals surface area contributed by atoms with Crippen LogP contribution in [-0.4, -0.2) is 10.2 Å². The molecule has 0 radical (unpaired) electrons. The van der Waals surface area contributed by atoms with Gasteiger partial charge in [-0.15, -0.1) is 0 Å². The summed E-state index contributed by atoms with van der Waals surface area (Å²) in [6.07, 6.45) is 16.6.